The molecule has 1 atom stereocenters. The third-order valence-electron chi connectivity index (χ3n) is 3.31. The Labute approximate surface area is 127 Å². The molecule has 0 aliphatic heterocycles. The van der Waals surface area contributed by atoms with Crippen LogP contribution in [0.1, 0.15) is 31.1 Å². The van der Waals surface area contributed by atoms with Crippen molar-refractivity contribution in [3.05, 3.63) is 50.7 Å². The highest BCUT2D eigenvalue weighted by Crippen LogP contribution is 2.31. The quantitative estimate of drug-likeness (QED) is 0.675. The summed E-state index contributed by atoms with van der Waals surface area (Å²) < 4.78 is 1.51. The van der Waals surface area contributed by atoms with Gasteiger partial charge in [-0.3, -0.25) is 10.1 Å². The zero-order valence-corrected chi connectivity index (χ0v) is 12.9. The van der Waals surface area contributed by atoms with Crippen molar-refractivity contribution in [1.82, 2.24) is 9.78 Å². The first kappa shape index (κ1) is 15.3. The summed E-state index contributed by atoms with van der Waals surface area (Å²) >= 11 is 5.98. The van der Waals surface area contributed by atoms with Crippen LogP contribution in [0.15, 0.2) is 24.3 Å². The van der Waals surface area contributed by atoms with E-state index in [2.05, 4.69) is 10.4 Å². The summed E-state index contributed by atoms with van der Waals surface area (Å²) in [5, 5.41) is 19.3. The smallest absolute Gasteiger partial charge is 0.333 e. The van der Waals surface area contributed by atoms with Gasteiger partial charge in [-0.2, -0.15) is 5.10 Å². The molecule has 0 amide bonds. The fourth-order valence-corrected chi connectivity index (χ4v) is 2.42. The van der Waals surface area contributed by atoms with Crippen LogP contribution in [0.25, 0.3) is 0 Å². The van der Waals surface area contributed by atoms with Crippen LogP contribution in [0.5, 0.6) is 0 Å². The molecule has 2 rings (SSSR count). The molecule has 6 nitrogen and oxygen atoms in total. The molecular weight excluding hydrogens is 292 g/mol. The van der Waals surface area contributed by atoms with Crippen LogP contribution in [0, 0.1) is 10.1 Å². The molecule has 7 heteroatoms. The van der Waals surface area contributed by atoms with Gasteiger partial charge in [0.15, 0.2) is 0 Å². The Hall–Kier alpha value is -2.08. The summed E-state index contributed by atoms with van der Waals surface area (Å²) in [6.07, 6.45) is 0.511. The van der Waals surface area contributed by atoms with Gasteiger partial charge >= 0.3 is 5.69 Å². The van der Waals surface area contributed by atoms with E-state index in [0.29, 0.717) is 23.0 Å². The number of rotatable bonds is 5. The standard InChI is InChI=1S/C14H17ClN4O2/c1-4-12-13(19(20)21)14(18(3)17-12)16-9(2)10-6-5-7-11(15)8-10/h5-9,16H,4H2,1-3H3. The molecule has 2 aromatic rings. The van der Waals surface area contributed by atoms with Gasteiger partial charge in [0.05, 0.1) is 11.0 Å². The zero-order valence-electron chi connectivity index (χ0n) is 12.1. The van der Waals surface area contributed by atoms with Gasteiger partial charge in [-0.25, -0.2) is 4.68 Å². The number of nitro groups is 1. The van der Waals surface area contributed by atoms with E-state index < -0.39 is 4.92 Å². The van der Waals surface area contributed by atoms with E-state index in [4.69, 9.17) is 11.6 Å². The van der Waals surface area contributed by atoms with Crippen LogP contribution in [-0.4, -0.2) is 14.7 Å². The molecule has 0 bridgehead atoms. The molecule has 0 radical (unpaired) electrons. The number of aromatic nitrogens is 2. The third kappa shape index (κ3) is 3.16. The van der Waals surface area contributed by atoms with E-state index in [0.717, 1.165) is 5.56 Å². The van der Waals surface area contributed by atoms with Gasteiger partial charge < -0.3 is 5.32 Å². The largest absolute Gasteiger partial charge is 0.358 e. The van der Waals surface area contributed by atoms with Crippen molar-refractivity contribution >= 4 is 23.1 Å². The Kier molecular flexibility index (Phi) is 4.47. The Bertz CT molecular complexity index is 669. The molecule has 1 unspecified atom stereocenters. The zero-order chi connectivity index (χ0) is 15.6. The van der Waals surface area contributed by atoms with E-state index in [9.17, 15) is 10.1 Å². The minimum Gasteiger partial charge on any atom is -0.358 e. The summed E-state index contributed by atoms with van der Waals surface area (Å²) in [6, 6.07) is 7.28. The second-order valence-electron chi connectivity index (χ2n) is 4.80. The van der Waals surface area contributed by atoms with Crippen LogP contribution in [0.2, 0.25) is 5.02 Å². The Morgan fingerprint density at radius 1 is 1.52 bits per heavy atom. The molecule has 0 aliphatic rings. The van der Waals surface area contributed by atoms with Gasteiger partial charge in [0.25, 0.3) is 0 Å². The molecule has 0 saturated carbocycles. The Morgan fingerprint density at radius 3 is 2.81 bits per heavy atom. The number of nitrogens with one attached hydrogen (secondary N) is 1. The van der Waals surface area contributed by atoms with E-state index in [1.54, 1.807) is 13.1 Å². The van der Waals surface area contributed by atoms with Gasteiger partial charge in [0.2, 0.25) is 5.82 Å². The first-order valence-corrected chi connectivity index (χ1v) is 7.04. The van der Waals surface area contributed by atoms with Gasteiger partial charge in [-0.05, 0) is 31.0 Å². The van der Waals surface area contributed by atoms with Crippen molar-refractivity contribution in [2.45, 2.75) is 26.3 Å². The van der Waals surface area contributed by atoms with E-state index in [1.165, 1.54) is 4.68 Å². The van der Waals surface area contributed by atoms with Crippen LogP contribution < -0.4 is 5.32 Å². The number of hydrogen-bond donors (Lipinski definition) is 1. The van der Waals surface area contributed by atoms with Gasteiger partial charge in [0, 0.05) is 12.1 Å². The summed E-state index contributed by atoms with van der Waals surface area (Å²) in [4.78, 5) is 10.9. The van der Waals surface area contributed by atoms with Crippen LogP contribution in [0.3, 0.4) is 0 Å². The third-order valence-corrected chi connectivity index (χ3v) is 3.55. The topological polar surface area (TPSA) is 73.0 Å². The van der Waals surface area contributed by atoms with Crippen molar-refractivity contribution in [3.8, 4) is 0 Å². The van der Waals surface area contributed by atoms with Crippen molar-refractivity contribution < 1.29 is 4.92 Å². The predicted molar refractivity (Wildman–Crippen MR) is 82.7 cm³/mol. The second-order valence-corrected chi connectivity index (χ2v) is 5.24. The normalized spacial score (nSPS) is 12.2. The lowest BCUT2D eigenvalue weighted by Gasteiger charge is -2.15. The molecule has 1 aromatic carbocycles. The van der Waals surface area contributed by atoms with Crippen molar-refractivity contribution in [2.24, 2.45) is 7.05 Å². The molecule has 21 heavy (non-hydrogen) atoms. The van der Waals surface area contributed by atoms with Crippen molar-refractivity contribution in [2.75, 3.05) is 5.32 Å². The first-order chi connectivity index (χ1) is 9.93. The highest BCUT2D eigenvalue weighted by molar-refractivity contribution is 6.30. The van der Waals surface area contributed by atoms with Gasteiger partial charge in [-0.1, -0.05) is 30.7 Å². The lowest BCUT2D eigenvalue weighted by molar-refractivity contribution is -0.384. The summed E-state index contributed by atoms with van der Waals surface area (Å²) in [6.45, 7) is 3.77. The molecule has 0 fully saturated rings. The maximum Gasteiger partial charge on any atom is 0.333 e. The minimum absolute atomic E-state index is 0.0360. The van der Waals surface area contributed by atoms with Crippen LogP contribution in [-0.2, 0) is 13.5 Å². The minimum atomic E-state index is -0.390. The molecule has 112 valence electrons. The molecule has 0 aliphatic carbocycles. The first-order valence-electron chi connectivity index (χ1n) is 6.66. The van der Waals surface area contributed by atoms with Crippen molar-refractivity contribution in [1.29, 1.82) is 0 Å². The van der Waals surface area contributed by atoms with Crippen molar-refractivity contribution in [3.63, 3.8) is 0 Å². The van der Waals surface area contributed by atoms with E-state index in [-0.39, 0.29) is 11.7 Å². The number of hydrogen-bond acceptors (Lipinski definition) is 4. The predicted octanol–water partition coefficient (Wildman–Crippen LogP) is 3.72. The Balaban J connectivity index is 2.35. The number of nitrogens with zero attached hydrogens (tertiary/aromatic N) is 3. The monoisotopic (exact) mass is 308 g/mol. The van der Waals surface area contributed by atoms with Crippen LogP contribution in [0.4, 0.5) is 11.5 Å². The highest BCUT2D eigenvalue weighted by atomic mass is 35.5. The summed E-state index contributed by atoms with van der Waals surface area (Å²) in [5.41, 5.74) is 1.47. The van der Waals surface area contributed by atoms with E-state index in [1.807, 2.05) is 32.0 Å². The Morgan fingerprint density at radius 2 is 2.24 bits per heavy atom. The maximum atomic E-state index is 11.3. The SMILES string of the molecule is CCc1nn(C)c(NC(C)c2cccc(Cl)c2)c1[N+](=O)[O-]. The number of anilines is 1. The number of benzene rings is 1. The molecule has 0 spiro atoms. The summed E-state index contributed by atoms with van der Waals surface area (Å²) in [7, 11) is 1.69. The molecule has 1 aromatic heterocycles. The average Bonchev–Trinajstić information content (AvgIpc) is 2.75. The van der Waals surface area contributed by atoms with Gasteiger partial charge in [-0.15, -0.1) is 0 Å². The molecular formula is C14H17ClN4O2. The lowest BCUT2D eigenvalue weighted by Crippen LogP contribution is -2.11. The molecule has 0 saturated heterocycles. The maximum absolute atomic E-state index is 11.3. The van der Waals surface area contributed by atoms with Gasteiger partial charge in [0.1, 0.15) is 5.69 Å². The fraction of sp³-hybridized carbons (Fsp3) is 0.357. The highest BCUT2D eigenvalue weighted by Gasteiger charge is 2.26. The molecule has 1 N–H and O–H groups in total. The lowest BCUT2D eigenvalue weighted by atomic mass is 10.1. The van der Waals surface area contributed by atoms with E-state index >= 15 is 0 Å². The number of aryl methyl sites for hydroxylation is 2. The number of halogens is 1. The summed E-state index contributed by atoms with van der Waals surface area (Å²) in [5.74, 6) is 0.407. The fourth-order valence-electron chi connectivity index (χ4n) is 2.22. The molecule has 1 heterocycles. The second kappa shape index (κ2) is 6.13. The average molecular weight is 309 g/mol. The van der Waals surface area contributed by atoms with Crippen LogP contribution >= 0.6 is 11.6 Å².